The highest BCUT2D eigenvalue weighted by Gasteiger charge is 2.32. The summed E-state index contributed by atoms with van der Waals surface area (Å²) in [6, 6.07) is 14.9. The van der Waals surface area contributed by atoms with Gasteiger partial charge in [-0.2, -0.15) is 0 Å². The Bertz CT molecular complexity index is 4610. The lowest BCUT2D eigenvalue weighted by Gasteiger charge is -2.28. The Morgan fingerprint density at radius 2 is 0.986 bits per heavy atom. The van der Waals surface area contributed by atoms with Crippen molar-refractivity contribution < 1.29 is 0 Å². The van der Waals surface area contributed by atoms with Gasteiger partial charge in [-0.05, 0) is 153 Å². The Balaban J connectivity index is 0.000000118. The van der Waals surface area contributed by atoms with Crippen molar-refractivity contribution >= 4 is 117 Å². The molecule has 0 aliphatic carbocycles. The molecule has 0 fully saturated rings. The summed E-state index contributed by atoms with van der Waals surface area (Å²) < 4.78 is 0. The minimum atomic E-state index is 0.0271. The van der Waals surface area contributed by atoms with E-state index >= 15 is 0 Å². The van der Waals surface area contributed by atoms with Crippen LogP contribution in [-0.2, 0) is 0 Å². The second-order valence-corrected chi connectivity index (χ2v) is 19.9. The van der Waals surface area contributed by atoms with Crippen molar-refractivity contribution in [3.63, 3.8) is 0 Å². The molecule has 3 aromatic carbocycles. The van der Waals surface area contributed by atoms with Crippen LogP contribution >= 0.6 is 0 Å². The normalized spacial score (nSPS) is 16.8. The van der Waals surface area contributed by atoms with E-state index in [4.69, 9.17) is 29.9 Å². The van der Waals surface area contributed by atoms with E-state index in [1.165, 1.54) is 60.1 Å². The first-order valence-electron chi connectivity index (χ1n) is 24.1. The van der Waals surface area contributed by atoms with Crippen LogP contribution in [0.15, 0.2) is 75.9 Å². The quantitative estimate of drug-likeness (QED) is 0.107. The van der Waals surface area contributed by atoms with Crippen molar-refractivity contribution in [2.24, 2.45) is 20.9 Å². The van der Waals surface area contributed by atoms with Crippen LogP contribution in [0.1, 0.15) is 83.3 Å². The smallest absolute Gasteiger partial charge is 0.163 e. The lowest BCUT2D eigenvalue weighted by Crippen LogP contribution is -2.32. The molecular formula is C59H48N12. The zero-order valence-corrected chi connectivity index (χ0v) is 41.4. The summed E-state index contributed by atoms with van der Waals surface area (Å²) in [4.78, 5) is 57.1. The van der Waals surface area contributed by atoms with E-state index in [0.717, 1.165) is 116 Å². The van der Waals surface area contributed by atoms with E-state index in [-0.39, 0.29) is 18.0 Å². The first-order valence-corrected chi connectivity index (χ1v) is 24.1. The monoisotopic (exact) mass is 924 g/mol. The molecule has 344 valence electrons. The molecule has 3 aliphatic heterocycles. The van der Waals surface area contributed by atoms with Gasteiger partial charge in [-0.1, -0.05) is 44.9 Å². The predicted molar refractivity (Wildman–Crippen MR) is 286 cm³/mol. The zero-order valence-electron chi connectivity index (χ0n) is 41.4. The van der Waals surface area contributed by atoms with Gasteiger partial charge in [0.15, 0.2) is 44.7 Å². The summed E-state index contributed by atoms with van der Waals surface area (Å²) in [6.45, 7) is 32.7. The Kier molecular flexibility index (Phi) is 8.91. The highest BCUT2D eigenvalue weighted by molar-refractivity contribution is 6.44. The van der Waals surface area contributed by atoms with E-state index in [0.29, 0.717) is 11.0 Å². The van der Waals surface area contributed by atoms with Gasteiger partial charge in [-0.15, -0.1) is 0 Å². The summed E-state index contributed by atoms with van der Waals surface area (Å²) in [7, 11) is 0. The number of hydrogen-bond donors (Lipinski definition) is 0. The van der Waals surface area contributed by atoms with Gasteiger partial charge in [0.2, 0.25) is 0 Å². The first-order chi connectivity index (χ1) is 34.0. The molecule has 0 saturated carbocycles. The average molecular weight is 925 g/mol. The van der Waals surface area contributed by atoms with Crippen LogP contribution < -0.4 is 32.2 Å². The fraction of sp³-hybridized carbons (Fsp3) is 0.220. The molecule has 12 heterocycles. The summed E-state index contributed by atoms with van der Waals surface area (Å²) >= 11 is 0. The molecule has 12 aromatic rings. The number of nitrogens with zero attached hydrogens (tertiary/aromatic N) is 12. The van der Waals surface area contributed by atoms with Gasteiger partial charge < -0.3 is 0 Å². The zero-order chi connectivity index (χ0) is 49.2. The lowest BCUT2D eigenvalue weighted by molar-refractivity contribution is 0.768. The molecule has 0 bridgehead atoms. The SMILES string of the molecule is C=C1N=c2nc3ncc(C)cc3cc2=CC1C.C=c1cc2cc3cc(C)c(C)nc3nc2nc1=C.Cc1nc2nc3c4c5c(ccc6c5c5c(nc7nc(C)c(C)c8c(c1C)c2c4c5c78)=NC6C)C(C)N=3. The first kappa shape index (κ1) is 42.7. The van der Waals surface area contributed by atoms with Crippen LogP contribution in [0.2, 0.25) is 0 Å². The molecule has 15 rings (SSSR count). The van der Waals surface area contributed by atoms with Crippen molar-refractivity contribution in [1.29, 1.82) is 0 Å². The van der Waals surface area contributed by atoms with Gasteiger partial charge >= 0.3 is 0 Å². The molecule has 0 saturated heterocycles. The Morgan fingerprint density at radius 1 is 0.451 bits per heavy atom. The second-order valence-electron chi connectivity index (χ2n) is 19.9. The van der Waals surface area contributed by atoms with E-state index in [1.54, 1.807) is 0 Å². The highest BCUT2D eigenvalue weighted by atomic mass is 15.0. The Labute approximate surface area is 406 Å². The number of fused-ring (bicyclic) bond motifs is 5. The van der Waals surface area contributed by atoms with Crippen molar-refractivity contribution in [3.05, 3.63) is 144 Å². The summed E-state index contributed by atoms with van der Waals surface area (Å²) in [6.07, 6.45) is 3.98. The topological polar surface area (TPSA) is 153 Å². The van der Waals surface area contributed by atoms with Gasteiger partial charge in [0.05, 0.1) is 17.4 Å². The number of pyridine rings is 9. The molecule has 0 amide bonds. The van der Waals surface area contributed by atoms with Gasteiger partial charge in [0.25, 0.3) is 0 Å². The fourth-order valence-corrected chi connectivity index (χ4v) is 11.1. The molecule has 0 radical (unpaired) electrons. The maximum atomic E-state index is 5.14. The van der Waals surface area contributed by atoms with E-state index < -0.39 is 0 Å². The minimum Gasteiger partial charge on any atom is -0.258 e. The second kappa shape index (κ2) is 14.8. The van der Waals surface area contributed by atoms with E-state index in [1.807, 2.05) is 26.1 Å². The molecule has 3 aliphatic rings. The fourth-order valence-electron chi connectivity index (χ4n) is 11.1. The molecule has 3 unspecified atom stereocenters. The molecule has 71 heavy (non-hydrogen) atoms. The van der Waals surface area contributed by atoms with Crippen LogP contribution in [0.5, 0.6) is 0 Å². The van der Waals surface area contributed by atoms with Gasteiger partial charge in [-0.25, -0.2) is 49.8 Å². The summed E-state index contributed by atoms with van der Waals surface area (Å²) in [5.41, 5.74) is 17.1. The standard InChI is InChI=1S/C30H22N6.C15H13N3.C14H13N3/c1-9-11(3)31-27-23-17(9)18-10(2)12(4)32-28-24(18)22-21(23)25-19-15(13(5)33-29(25)35-27)7-8-16-14(6)34-30(36-28)26(22)20(16)19;1-8-5-12-7-13-6-9(2)11(4)17-15(13)18-14(12)16-10(8)3;1-8-4-11-6-12-5-9(2)10(3)16-14(12)17-13(11)15-7-8/h7-8,13-14H,1-6H3;5-7H,1,3H2,2,4H3;4-7,9H,3H2,1-2H3. The van der Waals surface area contributed by atoms with Gasteiger partial charge in [0.1, 0.15) is 0 Å². The van der Waals surface area contributed by atoms with Crippen LogP contribution in [-0.4, -0.2) is 44.9 Å². The summed E-state index contributed by atoms with van der Waals surface area (Å²) in [5, 5.41) is 17.6. The van der Waals surface area contributed by atoms with Crippen LogP contribution in [0, 0.1) is 54.4 Å². The number of hydrogen-bond acceptors (Lipinski definition) is 12. The molecular weight excluding hydrogens is 877 g/mol. The number of aromatic nitrogens is 9. The molecule has 0 N–H and O–H groups in total. The number of allylic oxidation sites excluding steroid dienone is 1. The maximum absolute atomic E-state index is 5.14. The third-order valence-electron chi connectivity index (χ3n) is 15.2. The molecule has 0 spiro atoms. The number of benzene rings is 3. The predicted octanol–water partition coefficient (Wildman–Crippen LogP) is 8.80. The van der Waals surface area contributed by atoms with E-state index in [9.17, 15) is 0 Å². The number of rotatable bonds is 0. The summed E-state index contributed by atoms with van der Waals surface area (Å²) in [5.74, 6) is 0.277. The molecule has 9 aromatic heterocycles. The van der Waals surface area contributed by atoms with Gasteiger partial charge in [-0.3, -0.25) is 9.98 Å². The maximum Gasteiger partial charge on any atom is 0.163 e. The lowest BCUT2D eigenvalue weighted by atomic mass is 9.80. The van der Waals surface area contributed by atoms with Crippen LogP contribution in [0.4, 0.5) is 0 Å². The van der Waals surface area contributed by atoms with E-state index in [2.05, 4.69) is 148 Å². The minimum absolute atomic E-state index is 0.0271. The third kappa shape index (κ3) is 6.09. The largest absolute Gasteiger partial charge is 0.258 e. The Hall–Kier alpha value is -8.38. The van der Waals surface area contributed by atoms with Crippen molar-refractivity contribution in [2.45, 2.75) is 81.3 Å². The third-order valence-corrected chi connectivity index (χ3v) is 15.2. The van der Waals surface area contributed by atoms with Crippen molar-refractivity contribution in [2.75, 3.05) is 0 Å². The molecule has 12 heteroatoms. The number of aryl methyl sites for hydroxylation is 7. The van der Waals surface area contributed by atoms with Crippen LogP contribution in [0.3, 0.4) is 0 Å². The van der Waals surface area contributed by atoms with Gasteiger partial charge in [0, 0.05) is 88.6 Å². The Morgan fingerprint density at radius 3 is 1.59 bits per heavy atom. The highest BCUT2D eigenvalue weighted by Crippen LogP contribution is 2.50. The van der Waals surface area contributed by atoms with Crippen LogP contribution in [0.25, 0.3) is 117 Å². The van der Waals surface area contributed by atoms with Crippen molar-refractivity contribution in [1.82, 2.24) is 44.9 Å². The molecule has 3 atom stereocenters. The molecule has 12 nitrogen and oxygen atoms in total. The van der Waals surface area contributed by atoms with Crippen molar-refractivity contribution in [3.8, 4) is 0 Å². The average Bonchev–Trinajstić information content (AvgIpc) is 3.33.